The molecule has 1 rings (SSSR count). The number of rotatable bonds is 9. The third-order valence-corrected chi connectivity index (χ3v) is 3.81. The van der Waals surface area contributed by atoms with Crippen LogP contribution in [0.15, 0.2) is 23.3 Å². The molecular weight excluding hydrogens is 421 g/mol. The molecule has 0 aliphatic carbocycles. The molecule has 132 valence electrons. The molecule has 0 spiro atoms. The third kappa shape index (κ3) is 9.24. The van der Waals surface area contributed by atoms with Gasteiger partial charge in [0.15, 0.2) is 5.96 Å². The fraction of sp³-hybridized carbons (Fsp3) is 0.625. The summed E-state index contributed by atoms with van der Waals surface area (Å²) in [6, 6.07) is 4.04. The number of aliphatic imine (C=N–C) groups is 1. The van der Waals surface area contributed by atoms with Gasteiger partial charge in [-0.15, -0.1) is 24.0 Å². The van der Waals surface area contributed by atoms with Crippen LogP contribution < -0.4 is 15.5 Å². The number of thioether (sulfide) groups is 1. The second kappa shape index (κ2) is 13.7. The number of hydrogen-bond donors (Lipinski definition) is 2. The highest BCUT2D eigenvalue weighted by Crippen LogP contribution is 2.15. The maximum absolute atomic E-state index is 4.67. The second-order valence-corrected chi connectivity index (χ2v) is 6.19. The quantitative estimate of drug-likeness (QED) is 0.262. The maximum atomic E-state index is 4.67. The normalized spacial score (nSPS) is 10.9. The Morgan fingerprint density at radius 1 is 1.30 bits per heavy atom. The first-order chi connectivity index (χ1) is 10.7. The highest BCUT2D eigenvalue weighted by atomic mass is 127. The smallest absolute Gasteiger partial charge is 0.191 e. The SMILES string of the molecule is CCNC(=NCc1cccnc1N(C)C)NCCCCSC.I. The van der Waals surface area contributed by atoms with Crippen LogP contribution in [0.4, 0.5) is 5.82 Å². The number of guanidine groups is 1. The summed E-state index contributed by atoms with van der Waals surface area (Å²) in [5.74, 6) is 3.07. The highest BCUT2D eigenvalue weighted by molar-refractivity contribution is 14.0. The van der Waals surface area contributed by atoms with Crippen molar-refractivity contribution in [3.8, 4) is 0 Å². The Hall–Kier alpha value is -0.700. The zero-order chi connectivity index (χ0) is 16.2. The Morgan fingerprint density at radius 2 is 2.09 bits per heavy atom. The first-order valence-corrected chi connectivity index (χ1v) is 9.20. The van der Waals surface area contributed by atoms with E-state index >= 15 is 0 Å². The van der Waals surface area contributed by atoms with Crippen LogP contribution in [-0.4, -0.2) is 50.1 Å². The number of nitrogens with zero attached hydrogens (tertiary/aromatic N) is 3. The Kier molecular flexibility index (Phi) is 13.3. The van der Waals surface area contributed by atoms with Crippen LogP contribution in [0.5, 0.6) is 0 Å². The molecule has 7 heteroatoms. The maximum Gasteiger partial charge on any atom is 0.191 e. The van der Waals surface area contributed by atoms with Gasteiger partial charge < -0.3 is 15.5 Å². The van der Waals surface area contributed by atoms with Gasteiger partial charge in [0.1, 0.15) is 5.82 Å². The number of pyridine rings is 1. The number of halogens is 1. The zero-order valence-corrected chi connectivity index (χ0v) is 17.8. The van der Waals surface area contributed by atoms with Gasteiger partial charge in [-0.25, -0.2) is 9.98 Å². The van der Waals surface area contributed by atoms with Crippen molar-refractivity contribution in [2.45, 2.75) is 26.3 Å². The molecule has 2 N–H and O–H groups in total. The molecule has 0 bridgehead atoms. The first kappa shape index (κ1) is 22.3. The van der Waals surface area contributed by atoms with Crippen LogP contribution in [-0.2, 0) is 6.54 Å². The molecule has 0 fully saturated rings. The lowest BCUT2D eigenvalue weighted by atomic mass is 10.2. The number of unbranched alkanes of at least 4 members (excludes halogenated alkanes) is 1. The van der Waals surface area contributed by atoms with Crippen LogP contribution in [0.2, 0.25) is 0 Å². The molecule has 1 heterocycles. The van der Waals surface area contributed by atoms with E-state index in [1.165, 1.54) is 18.6 Å². The molecule has 1 aromatic rings. The van der Waals surface area contributed by atoms with Crippen LogP contribution in [0.1, 0.15) is 25.3 Å². The largest absolute Gasteiger partial charge is 0.362 e. The van der Waals surface area contributed by atoms with Crippen LogP contribution in [0, 0.1) is 0 Å². The van der Waals surface area contributed by atoms with Gasteiger partial charge in [0.05, 0.1) is 6.54 Å². The third-order valence-electron chi connectivity index (χ3n) is 3.11. The summed E-state index contributed by atoms with van der Waals surface area (Å²) in [5, 5.41) is 6.69. The van der Waals surface area contributed by atoms with E-state index in [4.69, 9.17) is 0 Å². The Balaban J connectivity index is 0.00000484. The topological polar surface area (TPSA) is 52.6 Å². The van der Waals surface area contributed by atoms with Gasteiger partial charge in [-0.05, 0) is 37.8 Å². The van der Waals surface area contributed by atoms with Crippen molar-refractivity contribution in [1.29, 1.82) is 0 Å². The molecule has 0 unspecified atom stereocenters. The van der Waals surface area contributed by atoms with E-state index in [2.05, 4.69) is 39.9 Å². The second-order valence-electron chi connectivity index (χ2n) is 5.20. The number of anilines is 1. The average Bonchev–Trinajstić information content (AvgIpc) is 2.52. The molecule has 5 nitrogen and oxygen atoms in total. The monoisotopic (exact) mass is 451 g/mol. The van der Waals surface area contributed by atoms with E-state index in [9.17, 15) is 0 Å². The van der Waals surface area contributed by atoms with Crippen molar-refractivity contribution in [3.63, 3.8) is 0 Å². The molecule has 0 aromatic carbocycles. The van der Waals surface area contributed by atoms with Crippen molar-refractivity contribution in [1.82, 2.24) is 15.6 Å². The summed E-state index contributed by atoms with van der Waals surface area (Å²) in [6.07, 6.45) is 6.37. The zero-order valence-electron chi connectivity index (χ0n) is 14.6. The molecule has 0 atom stereocenters. The number of nitrogens with one attached hydrogen (secondary N) is 2. The minimum absolute atomic E-state index is 0. The predicted molar refractivity (Wildman–Crippen MR) is 114 cm³/mol. The summed E-state index contributed by atoms with van der Waals surface area (Å²) < 4.78 is 0. The van der Waals surface area contributed by atoms with Crippen molar-refractivity contribution in [3.05, 3.63) is 23.9 Å². The predicted octanol–water partition coefficient (Wildman–Crippen LogP) is 2.96. The molecule has 0 saturated carbocycles. The van der Waals surface area contributed by atoms with Crippen molar-refractivity contribution in [2.75, 3.05) is 44.1 Å². The van der Waals surface area contributed by atoms with Crippen LogP contribution in [0.3, 0.4) is 0 Å². The Labute approximate surface area is 162 Å². The Morgan fingerprint density at radius 3 is 2.74 bits per heavy atom. The van der Waals surface area contributed by atoms with E-state index in [0.29, 0.717) is 6.54 Å². The summed E-state index contributed by atoms with van der Waals surface area (Å²) in [7, 11) is 4.01. The van der Waals surface area contributed by atoms with Gasteiger partial charge in [0.2, 0.25) is 0 Å². The van der Waals surface area contributed by atoms with Crippen molar-refractivity contribution < 1.29 is 0 Å². The lowest BCUT2D eigenvalue weighted by Crippen LogP contribution is -2.37. The summed E-state index contributed by atoms with van der Waals surface area (Å²) in [5.41, 5.74) is 1.13. The molecule has 0 saturated heterocycles. The minimum atomic E-state index is 0. The van der Waals surface area contributed by atoms with Crippen molar-refractivity contribution in [2.24, 2.45) is 4.99 Å². The highest BCUT2D eigenvalue weighted by Gasteiger charge is 2.05. The first-order valence-electron chi connectivity index (χ1n) is 7.81. The van der Waals surface area contributed by atoms with Crippen LogP contribution in [0.25, 0.3) is 0 Å². The molecule has 0 aliphatic heterocycles. The Bertz CT molecular complexity index is 454. The minimum Gasteiger partial charge on any atom is -0.362 e. The van der Waals surface area contributed by atoms with Gasteiger partial charge in [-0.1, -0.05) is 6.07 Å². The van der Waals surface area contributed by atoms with E-state index in [1.807, 2.05) is 43.0 Å². The molecule has 0 aliphatic rings. The van der Waals surface area contributed by atoms with Crippen molar-refractivity contribution >= 4 is 47.5 Å². The summed E-state index contributed by atoms with van der Waals surface area (Å²) >= 11 is 1.90. The molecule has 1 aromatic heterocycles. The van der Waals surface area contributed by atoms with E-state index in [-0.39, 0.29) is 24.0 Å². The number of aromatic nitrogens is 1. The van der Waals surface area contributed by atoms with Gasteiger partial charge >= 0.3 is 0 Å². The summed E-state index contributed by atoms with van der Waals surface area (Å²) in [6.45, 7) is 4.53. The van der Waals surface area contributed by atoms with E-state index < -0.39 is 0 Å². The molecule has 0 radical (unpaired) electrons. The fourth-order valence-corrected chi connectivity index (χ4v) is 2.53. The lowest BCUT2D eigenvalue weighted by Gasteiger charge is -2.15. The van der Waals surface area contributed by atoms with Gasteiger partial charge in [0.25, 0.3) is 0 Å². The van der Waals surface area contributed by atoms with Gasteiger partial charge in [-0.2, -0.15) is 11.8 Å². The summed E-state index contributed by atoms with van der Waals surface area (Å²) in [4.78, 5) is 11.1. The van der Waals surface area contributed by atoms with E-state index in [0.717, 1.165) is 30.4 Å². The standard InChI is InChI=1S/C16H29N5S.HI/c1-5-17-16(19-10-6-7-12-22-4)20-13-14-9-8-11-18-15(14)21(2)3;/h8-9,11H,5-7,10,12-13H2,1-4H3,(H2,17,19,20);1H. The molecule has 0 amide bonds. The molecule has 23 heavy (non-hydrogen) atoms. The molecular formula is C16H30IN5S. The van der Waals surface area contributed by atoms with E-state index in [1.54, 1.807) is 0 Å². The van der Waals surface area contributed by atoms with Gasteiger partial charge in [-0.3, -0.25) is 0 Å². The lowest BCUT2D eigenvalue weighted by molar-refractivity contribution is 0.734. The number of hydrogen-bond acceptors (Lipinski definition) is 4. The van der Waals surface area contributed by atoms with Gasteiger partial charge in [0, 0.05) is 38.9 Å². The average molecular weight is 451 g/mol. The van der Waals surface area contributed by atoms with Crippen LogP contribution >= 0.6 is 35.7 Å². The fourth-order valence-electron chi connectivity index (χ4n) is 2.04.